The summed E-state index contributed by atoms with van der Waals surface area (Å²) in [6.45, 7) is 8.35. The van der Waals surface area contributed by atoms with Crippen LogP contribution in [0.4, 0.5) is 0 Å². The van der Waals surface area contributed by atoms with E-state index in [0.29, 0.717) is 18.3 Å². The van der Waals surface area contributed by atoms with Crippen molar-refractivity contribution in [1.29, 1.82) is 0 Å². The van der Waals surface area contributed by atoms with E-state index >= 15 is 0 Å². The maximum absolute atomic E-state index is 11.5. The monoisotopic (exact) mass is 256 g/mol. The minimum absolute atomic E-state index is 0.0279. The molecule has 0 aliphatic rings. The minimum atomic E-state index is -0.717. The van der Waals surface area contributed by atoms with Crippen molar-refractivity contribution in [2.75, 3.05) is 14.1 Å². The fourth-order valence-electron chi connectivity index (χ4n) is 2.38. The molecule has 2 N–H and O–H groups in total. The van der Waals surface area contributed by atoms with Gasteiger partial charge in [-0.25, -0.2) is 0 Å². The standard InChI is InChI=1S/C14H28N2O2/c1-9(2)7-11(13(15-5)16-6)12(14(17)18)8-10(3)4/h9-12H,7-8H2,1-6H3,(H,15,16)(H,17,18)/t11-,12-/m0/s1. The van der Waals surface area contributed by atoms with E-state index in [2.05, 4.69) is 38.0 Å². The fraction of sp³-hybridized carbons (Fsp3) is 0.857. The summed E-state index contributed by atoms with van der Waals surface area (Å²) < 4.78 is 0. The predicted octanol–water partition coefficient (Wildman–Crippen LogP) is 2.64. The number of carboxylic acids is 1. The number of rotatable bonds is 7. The van der Waals surface area contributed by atoms with Gasteiger partial charge in [-0.1, -0.05) is 27.7 Å². The molecule has 4 heteroatoms. The van der Waals surface area contributed by atoms with Gasteiger partial charge in [0.25, 0.3) is 0 Å². The molecule has 0 aromatic heterocycles. The lowest BCUT2D eigenvalue weighted by Crippen LogP contribution is -2.38. The van der Waals surface area contributed by atoms with Crippen molar-refractivity contribution in [2.24, 2.45) is 28.7 Å². The minimum Gasteiger partial charge on any atom is -0.481 e. The number of carbonyl (C=O) groups is 1. The number of aliphatic imine (C=N–C) groups is 1. The van der Waals surface area contributed by atoms with Crippen LogP contribution in [0.15, 0.2) is 4.99 Å². The third kappa shape index (κ3) is 5.52. The van der Waals surface area contributed by atoms with Crippen LogP contribution in [-0.2, 0) is 4.79 Å². The van der Waals surface area contributed by atoms with Crippen molar-refractivity contribution >= 4 is 11.8 Å². The lowest BCUT2D eigenvalue weighted by Gasteiger charge is -2.27. The molecule has 0 aliphatic carbocycles. The Labute approximate surface area is 111 Å². The van der Waals surface area contributed by atoms with Gasteiger partial charge in [0.05, 0.1) is 11.8 Å². The molecule has 0 aromatic carbocycles. The lowest BCUT2D eigenvalue weighted by molar-refractivity contribution is -0.143. The smallest absolute Gasteiger partial charge is 0.307 e. The Hall–Kier alpha value is -1.06. The number of nitrogens with one attached hydrogen (secondary N) is 1. The Morgan fingerprint density at radius 1 is 1.11 bits per heavy atom. The van der Waals surface area contributed by atoms with Crippen LogP contribution in [0.25, 0.3) is 0 Å². The molecular weight excluding hydrogens is 228 g/mol. The van der Waals surface area contributed by atoms with Gasteiger partial charge in [-0.2, -0.15) is 0 Å². The highest BCUT2D eigenvalue weighted by Crippen LogP contribution is 2.27. The van der Waals surface area contributed by atoms with Crippen LogP contribution in [0.1, 0.15) is 40.5 Å². The zero-order chi connectivity index (χ0) is 14.3. The average Bonchev–Trinajstić information content (AvgIpc) is 2.25. The quantitative estimate of drug-likeness (QED) is 0.544. The third-order valence-corrected chi connectivity index (χ3v) is 3.10. The first-order valence-corrected chi connectivity index (χ1v) is 6.70. The van der Waals surface area contributed by atoms with Crippen molar-refractivity contribution in [1.82, 2.24) is 5.32 Å². The van der Waals surface area contributed by atoms with Crippen LogP contribution >= 0.6 is 0 Å². The molecule has 106 valence electrons. The molecule has 18 heavy (non-hydrogen) atoms. The Morgan fingerprint density at radius 2 is 1.56 bits per heavy atom. The van der Waals surface area contributed by atoms with Crippen LogP contribution in [-0.4, -0.2) is 31.0 Å². The molecule has 0 rings (SSSR count). The third-order valence-electron chi connectivity index (χ3n) is 3.10. The highest BCUT2D eigenvalue weighted by Gasteiger charge is 2.32. The fourth-order valence-corrected chi connectivity index (χ4v) is 2.38. The van der Waals surface area contributed by atoms with Crippen molar-refractivity contribution in [2.45, 2.75) is 40.5 Å². The molecule has 0 fully saturated rings. The number of aliphatic carboxylic acids is 1. The molecule has 0 aliphatic heterocycles. The Bertz CT molecular complexity index is 286. The molecule has 0 saturated heterocycles. The number of hydrogen-bond acceptors (Lipinski definition) is 2. The van der Waals surface area contributed by atoms with Gasteiger partial charge in [0, 0.05) is 20.0 Å². The van der Waals surface area contributed by atoms with Gasteiger partial charge in [-0.15, -0.1) is 0 Å². The first-order valence-electron chi connectivity index (χ1n) is 6.70. The molecule has 0 unspecified atom stereocenters. The number of nitrogens with zero attached hydrogens (tertiary/aromatic N) is 1. The lowest BCUT2D eigenvalue weighted by atomic mass is 9.80. The molecule has 0 bridgehead atoms. The van der Waals surface area contributed by atoms with E-state index in [0.717, 1.165) is 12.3 Å². The number of amidine groups is 1. The van der Waals surface area contributed by atoms with Gasteiger partial charge in [-0.3, -0.25) is 9.79 Å². The Kier molecular flexibility index (Phi) is 7.64. The molecule has 2 atom stereocenters. The number of hydrogen-bond donors (Lipinski definition) is 2. The van der Waals surface area contributed by atoms with E-state index in [1.54, 1.807) is 7.05 Å². The van der Waals surface area contributed by atoms with Crippen LogP contribution < -0.4 is 5.32 Å². The first kappa shape index (κ1) is 16.9. The maximum atomic E-state index is 11.5. The molecule has 0 radical (unpaired) electrons. The van der Waals surface area contributed by atoms with E-state index in [9.17, 15) is 9.90 Å². The molecule has 0 spiro atoms. The number of carboxylic acid groups (broad SMARTS) is 1. The average molecular weight is 256 g/mol. The van der Waals surface area contributed by atoms with Gasteiger partial charge in [0.2, 0.25) is 0 Å². The zero-order valence-electron chi connectivity index (χ0n) is 12.5. The molecule has 0 saturated carbocycles. The second-order valence-electron chi connectivity index (χ2n) is 5.67. The molecule has 0 amide bonds. The van der Waals surface area contributed by atoms with E-state index in [4.69, 9.17) is 0 Å². The second-order valence-corrected chi connectivity index (χ2v) is 5.67. The van der Waals surface area contributed by atoms with Crippen molar-refractivity contribution in [3.8, 4) is 0 Å². The summed E-state index contributed by atoms with van der Waals surface area (Å²) in [6, 6.07) is 0. The highest BCUT2D eigenvalue weighted by molar-refractivity contribution is 5.88. The SMILES string of the molecule is CN=C(NC)[C@@H](CC(C)C)[C@H](CC(C)C)C(=O)O. The van der Waals surface area contributed by atoms with Crippen LogP contribution in [0, 0.1) is 23.7 Å². The van der Waals surface area contributed by atoms with Gasteiger partial charge in [-0.05, 0) is 24.7 Å². The first-order chi connectivity index (χ1) is 8.33. The summed E-state index contributed by atoms with van der Waals surface area (Å²) in [5.74, 6) is 0.519. The molecule has 4 nitrogen and oxygen atoms in total. The highest BCUT2D eigenvalue weighted by atomic mass is 16.4. The Morgan fingerprint density at radius 3 is 1.83 bits per heavy atom. The zero-order valence-corrected chi connectivity index (χ0v) is 12.5. The van der Waals surface area contributed by atoms with Gasteiger partial charge in [0.1, 0.15) is 0 Å². The second kappa shape index (κ2) is 8.11. The van der Waals surface area contributed by atoms with Crippen molar-refractivity contribution in [3.63, 3.8) is 0 Å². The Balaban J connectivity index is 5.15. The topological polar surface area (TPSA) is 61.7 Å². The summed E-state index contributed by atoms with van der Waals surface area (Å²) in [6.07, 6.45) is 1.53. The van der Waals surface area contributed by atoms with Crippen molar-refractivity contribution in [3.05, 3.63) is 0 Å². The van der Waals surface area contributed by atoms with E-state index in [1.165, 1.54) is 0 Å². The van der Waals surface area contributed by atoms with Crippen LogP contribution in [0.2, 0.25) is 0 Å². The maximum Gasteiger partial charge on any atom is 0.307 e. The summed E-state index contributed by atoms with van der Waals surface area (Å²) in [5.41, 5.74) is 0. The summed E-state index contributed by atoms with van der Waals surface area (Å²) in [4.78, 5) is 15.7. The van der Waals surface area contributed by atoms with Crippen LogP contribution in [0.5, 0.6) is 0 Å². The largest absolute Gasteiger partial charge is 0.481 e. The summed E-state index contributed by atoms with van der Waals surface area (Å²) in [5, 5.41) is 12.5. The molecule has 0 aromatic rings. The van der Waals surface area contributed by atoms with Crippen molar-refractivity contribution < 1.29 is 9.90 Å². The van der Waals surface area contributed by atoms with Gasteiger partial charge in [0.15, 0.2) is 0 Å². The summed E-state index contributed by atoms with van der Waals surface area (Å²) >= 11 is 0. The normalized spacial score (nSPS) is 15.9. The predicted molar refractivity (Wildman–Crippen MR) is 75.9 cm³/mol. The van der Waals surface area contributed by atoms with Crippen LogP contribution in [0.3, 0.4) is 0 Å². The summed E-state index contributed by atoms with van der Waals surface area (Å²) in [7, 11) is 3.53. The van der Waals surface area contributed by atoms with Gasteiger partial charge < -0.3 is 10.4 Å². The van der Waals surface area contributed by atoms with Gasteiger partial charge >= 0.3 is 5.97 Å². The van der Waals surface area contributed by atoms with E-state index in [-0.39, 0.29) is 11.8 Å². The van der Waals surface area contributed by atoms with E-state index in [1.807, 2.05) is 7.05 Å². The molecule has 0 heterocycles. The van der Waals surface area contributed by atoms with E-state index < -0.39 is 5.97 Å². The molecular formula is C14H28N2O2.